The second kappa shape index (κ2) is 14.7. The van der Waals surface area contributed by atoms with Gasteiger partial charge in [-0.1, -0.05) is 78.9 Å². The van der Waals surface area contributed by atoms with Crippen molar-refractivity contribution >= 4 is 23.8 Å². The number of benzene rings is 3. The number of carbonyl (C=O) groups is 3. The molecular formula is C35H39N5O6. The Morgan fingerprint density at radius 1 is 1.00 bits per heavy atom. The molecule has 46 heavy (non-hydrogen) atoms. The molecule has 1 saturated heterocycles. The third-order valence-electron chi connectivity index (χ3n) is 8.38. The normalized spacial score (nSPS) is 16.9. The van der Waals surface area contributed by atoms with Gasteiger partial charge in [-0.05, 0) is 49.4 Å². The fraction of sp³-hybridized carbons (Fsp3) is 0.314. The standard InChI is InChI=1S/C35H39N5O6/c1-22-23(2)37-32(36-22)29-21-46-27(20-40(29)35(43)44)19-18-24-12-10-11-17-28(24)38-33(41)31(39-34(42)45-3)30(25-13-6-4-7-14-25)26-15-8-5-9-16-26/h4-17,27,29-31H,18-21H2,1-3H3,(H,36,37)(H,38,41)(H,39,42)(H,43,44)/t27-,29+,31+/m1/s1. The highest BCUT2D eigenvalue weighted by Crippen LogP contribution is 2.31. The number of morpholine rings is 1. The van der Waals surface area contributed by atoms with Crippen molar-refractivity contribution in [2.75, 3.05) is 25.6 Å². The van der Waals surface area contributed by atoms with Crippen molar-refractivity contribution in [1.29, 1.82) is 0 Å². The first kappa shape index (κ1) is 32.2. The van der Waals surface area contributed by atoms with Gasteiger partial charge in [-0.3, -0.25) is 9.69 Å². The average molecular weight is 626 g/mol. The predicted molar refractivity (Wildman–Crippen MR) is 173 cm³/mol. The van der Waals surface area contributed by atoms with Gasteiger partial charge in [0.05, 0.1) is 32.1 Å². The summed E-state index contributed by atoms with van der Waals surface area (Å²) >= 11 is 0. The number of aromatic amines is 1. The van der Waals surface area contributed by atoms with Crippen molar-refractivity contribution in [3.05, 3.63) is 119 Å². The summed E-state index contributed by atoms with van der Waals surface area (Å²) in [6.45, 7) is 4.15. The van der Waals surface area contributed by atoms with Crippen LogP contribution in [0.3, 0.4) is 0 Å². The molecule has 3 atom stereocenters. The lowest BCUT2D eigenvalue weighted by Crippen LogP contribution is -2.48. The molecule has 11 heteroatoms. The molecule has 0 unspecified atom stereocenters. The zero-order chi connectivity index (χ0) is 32.6. The monoisotopic (exact) mass is 625 g/mol. The van der Waals surface area contributed by atoms with E-state index in [1.807, 2.05) is 98.8 Å². The van der Waals surface area contributed by atoms with Crippen LogP contribution in [-0.2, 0) is 20.7 Å². The average Bonchev–Trinajstić information content (AvgIpc) is 3.41. The fourth-order valence-electron chi connectivity index (χ4n) is 5.83. The van der Waals surface area contributed by atoms with Gasteiger partial charge in [0.1, 0.15) is 17.9 Å². The highest BCUT2D eigenvalue weighted by Gasteiger charge is 2.36. The first-order valence-electron chi connectivity index (χ1n) is 15.2. The fourth-order valence-corrected chi connectivity index (χ4v) is 5.83. The highest BCUT2D eigenvalue weighted by atomic mass is 16.5. The molecule has 3 amide bonds. The Labute approximate surface area is 268 Å². The summed E-state index contributed by atoms with van der Waals surface area (Å²) in [6.07, 6.45) is -1.05. The van der Waals surface area contributed by atoms with Gasteiger partial charge in [0.15, 0.2) is 0 Å². The molecule has 11 nitrogen and oxygen atoms in total. The molecule has 240 valence electrons. The number of anilines is 1. The van der Waals surface area contributed by atoms with E-state index >= 15 is 0 Å². The second-order valence-corrected chi connectivity index (χ2v) is 11.3. The Hall–Kier alpha value is -5.16. The predicted octanol–water partition coefficient (Wildman–Crippen LogP) is 5.57. The molecule has 1 aliphatic rings. The molecule has 1 aliphatic heterocycles. The Kier molecular flexibility index (Phi) is 10.3. The number of carboxylic acid groups (broad SMARTS) is 1. The third-order valence-corrected chi connectivity index (χ3v) is 8.38. The summed E-state index contributed by atoms with van der Waals surface area (Å²) < 4.78 is 11.0. The molecule has 0 saturated carbocycles. The molecule has 0 radical (unpaired) electrons. The van der Waals surface area contributed by atoms with Crippen molar-refractivity contribution in [3.63, 3.8) is 0 Å². The topological polar surface area (TPSA) is 146 Å². The maximum Gasteiger partial charge on any atom is 0.408 e. The number of imidazole rings is 1. The first-order chi connectivity index (χ1) is 22.2. The van der Waals surface area contributed by atoms with Crippen molar-refractivity contribution in [1.82, 2.24) is 20.2 Å². The lowest BCUT2D eigenvalue weighted by atomic mass is 9.84. The minimum absolute atomic E-state index is 0.184. The number of aromatic nitrogens is 2. The number of carbonyl (C=O) groups excluding carboxylic acids is 2. The Bertz CT molecular complexity index is 1580. The number of hydrogen-bond donors (Lipinski definition) is 4. The zero-order valence-corrected chi connectivity index (χ0v) is 26.1. The molecule has 4 aromatic rings. The van der Waals surface area contributed by atoms with E-state index in [0.29, 0.717) is 24.4 Å². The number of nitrogens with zero attached hydrogens (tertiary/aromatic N) is 2. The summed E-state index contributed by atoms with van der Waals surface area (Å²) in [5.41, 5.74) is 4.87. The van der Waals surface area contributed by atoms with E-state index in [2.05, 4.69) is 20.6 Å². The lowest BCUT2D eigenvalue weighted by Gasteiger charge is -2.37. The van der Waals surface area contributed by atoms with Gasteiger partial charge in [-0.25, -0.2) is 14.6 Å². The van der Waals surface area contributed by atoms with E-state index in [1.54, 1.807) is 0 Å². The zero-order valence-electron chi connectivity index (χ0n) is 26.1. The van der Waals surface area contributed by atoms with Crippen LogP contribution in [0.1, 0.15) is 52.3 Å². The quantitative estimate of drug-likeness (QED) is 0.180. The number of ether oxygens (including phenoxy) is 2. The first-order valence-corrected chi connectivity index (χ1v) is 15.2. The SMILES string of the molecule is COC(=O)N[C@H](C(=O)Nc1ccccc1CC[C@@H]1CN(C(=O)O)[C@H](c2nc(C)c(C)[nH]2)CO1)C(c1ccccc1)c1ccccc1. The molecule has 5 rings (SSSR count). The number of para-hydroxylation sites is 1. The van der Waals surface area contributed by atoms with Crippen LogP contribution in [0.15, 0.2) is 84.9 Å². The van der Waals surface area contributed by atoms with Gasteiger partial charge >= 0.3 is 12.2 Å². The molecule has 4 N–H and O–H groups in total. The van der Waals surface area contributed by atoms with Gasteiger partial charge < -0.3 is 30.2 Å². The van der Waals surface area contributed by atoms with Crippen LogP contribution in [0.25, 0.3) is 0 Å². The summed E-state index contributed by atoms with van der Waals surface area (Å²) in [7, 11) is 1.26. The van der Waals surface area contributed by atoms with Crippen LogP contribution in [0.4, 0.5) is 15.3 Å². The number of nitrogens with one attached hydrogen (secondary N) is 3. The maximum atomic E-state index is 14.0. The van der Waals surface area contributed by atoms with Gasteiger partial charge in [0.2, 0.25) is 5.91 Å². The number of aryl methyl sites for hydroxylation is 3. The maximum absolute atomic E-state index is 14.0. The van der Waals surface area contributed by atoms with Crippen molar-refractivity contribution in [3.8, 4) is 0 Å². The number of H-pyrrole nitrogens is 1. The largest absolute Gasteiger partial charge is 0.465 e. The van der Waals surface area contributed by atoms with Crippen LogP contribution in [-0.4, -0.2) is 70.5 Å². The van der Waals surface area contributed by atoms with Gasteiger partial charge in [-0.15, -0.1) is 0 Å². The summed E-state index contributed by atoms with van der Waals surface area (Å²) in [4.78, 5) is 47.8. The van der Waals surface area contributed by atoms with E-state index in [0.717, 1.165) is 28.1 Å². The smallest absolute Gasteiger partial charge is 0.408 e. The summed E-state index contributed by atoms with van der Waals surface area (Å²) in [5.74, 6) is -0.335. The van der Waals surface area contributed by atoms with E-state index in [-0.39, 0.29) is 19.3 Å². The number of amides is 3. The van der Waals surface area contributed by atoms with Crippen molar-refractivity contribution < 1.29 is 29.0 Å². The van der Waals surface area contributed by atoms with E-state index in [1.165, 1.54) is 12.0 Å². The summed E-state index contributed by atoms with van der Waals surface area (Å²) in [5, 5.41) is 15.8. The third kappa shape index (κ3) is 7.55. The van der Waals surface area contributed by atoms with E-state index in [4.69, 9.17) is 9.47 Å². The van der Waals surface area contributed by atoms with Gasteiger partial charge in [0, 0.05) is 17.3 Å². The minimum Gasteiger partial charge on any atom is -0.465 e. The Morgan fingerprint density at radius 2 is 1.63 bits per heavy atom. The van der Waals surface area contributed by atoms with Crippen molar-refractivity contribution in [2.24, 2.45) is 0 Å². The van der Waals surface area contributed by atoms with Crippen LogP contribution in [0.2, 0.25) is 0 Å². The van der Waals surface area contributed by atoms with Gasteiger partial charge in [-0.2, -0.15) is 0 Å². The Balaban J connectivity index is 1.33. The minimum atomic E-state index is -1.03. The van der Waals surface area contributed by atoms with Crippen LogP contribution >= 0.6 is 0 Å². The molecule has 1 aromatic heterocycles. The number of rotatable bonds is 10. The number of methoxy groups -OCH3 is 1. The number of alkyl carbamates (subject to hydrolysis) is 1. The molecule has 2 heterocycles. The van der Waals surface area contributed by atoms with Crippen LogP contribution in [0.5, 0.6) is 0 Å². The van der Waals surface area contributed by atoms with Gasteiger partial charge in [0.25, 0.3) is 0 Å². The molecule has 0 bridgehead atoms. The van der Waals surface area contributed by atoms with E-state index in [9.17, 15) is 19.5 Å². The molecule has 0 spiro atoms. The van der Waals surface area contributed by atoms with Crippen molar-refractivity contribution in [2.45, 2.75) is 50.8 Å². The summed E-state index contributed by atoms with van der Waals surface area (Å²) in [6, 6.07) is 25.0. The molecular weight excluding hydrogens is 586 g/mol. The Morgan fingerprint density at radius 3 is 2.22 bits per heavy atom. The molecule has 3 aromatic carbocycles. The lowest BCUT2D eigenvalue weighted by molar-refractivity contribution is -0.118. The van der Waals surface area contributed by atoms with E-state index < -0.39 is 36.1 Å². The molecule has 0 aliphatic carbocycles. The molecule has 1 fully saturated rings. The van der Waals surface area contributed by atoms with Crippen LogP contribution in [0, 0.1) is 13.8 Å². The van der Waals surface area contributed by atoms with Crippen LogP contribution < -0.4 is 10.6 Å². The highest BCUT2D eigenvalue weighted by molar-refractivity contribution is 5.98. The number of hydrogen-bond acceptors (Lipinski definition) is 6. The second-order valence-electron chi connectivity index (χ2n) is 11.3.